The van der Waals surface area contributed by atoms with Crippen molar-refractivity contribution in [3.8, 4) is 23.0 Å². The van der Waals surface area contributed by atoms with Crippen molar-refractivity contribution in [3.63, 3.8) is 0 Å². The summed E-state index contributed by atoms with van der Waals surface area (Å²) in [6.07, 6.45) is 0. The number of aliphatic hydroxyl groups excluding tert-OH is 1. The fraction of sp³-hybridized carbons (Fsp3) is 0.290. The third-order valence-corrected chi connectivity index (χ3v) is 6.72. The molecule has 0 aromatic heterocycles. The fourth-order valence-corrected chi connectivity index (χ4v) is 4.78. The van der Waals surface area contributed by atoms with E-state index < -0.39 is 17.7 Å². The van der Waals surface area contributed by atoms with Crippen molar-refractivity contribution in [2.24, 2.45) is 0 Å². The molecule has 3 aromatic rings. The molecule has 8 heteroatoms. The molecular weight excluding hydrogens is 498 g/mol. The maximum absolute atomic E-state index is 13.6. The molecule has 0 spiro atoms. The summed E-state index contributed by atoms with van der Waals surface area (Å²) >= 11 is 0. The molecule has 1 atom stereocenters. The number of carbonyl (C=O) groups is 2. The van der Waals surface area contributed by atoms with Crippen LogP contribution in [-0.4, -0.2) is 44.7 Å². The molecule has 39 heavy (non-hydrogen) atoms. The van der Waals surface area contributed by atoms with E-state index in [0.29, 0.717) is 46.4 Å². The number of methoxy groups -OCH3 is 3. The summed E-state index contributed by atoms with van der Waals surface area (Å²) in [5, 5.41) is 11.6. The van der Waals surface area contributed by atoms with Crippen LogP contribution in [0.2, 0.25) is 0 Å². The van der Waals surface area contributed by atoms with Crippen molar-refractivity contribution < 1.29 is 33.6 Å². The predicted octanol–water partition coefficient (Wildman–Crippen LogP) is 5.86. The molecule has 3 aromatic carbocycles. The number of ketones is 1. The average Bonchev–Trinajstić information content (AvgIpc) is 3.22. The quantitative estimate of drug-likeness (QED) is 0.210. The third kappa shape index (κ3) is 5.14. The molecule has 8 nitrogen and oxygen atoms in total. The van der Waals surface area contributed by atoms with E-state index in [0.717, 1.165) is 5.56 Å². The van der Waals surface area contributed by atoms with Crippen LogP contribution in [0.4, 0.5) is 5.69 Å². The molecule has 0 saturated carbocycles. The Bertz CT molecular complexity index is 1410. The fourth-order valence-electron chi connectivity index (χ4n) is 4.78. The number of aliphatic hydroxyl groups is 1. The summed E-state index contributed by atoms with van der Waals surface area (Å²) < 4.78 is 22.0. The number of hydrogen-bond acceptors (Lipinski definition) is 7. The lowest BCUT2D eigenvalue weighted by atomic mass is 9.93. The Hall–Kier alpha value is -4.46. The van der Waals surface area contributed by atoms with Crippen LogP contribution in [-0.2, 0) is 9.59 Å². The van der Waals surface area contributed by atoms with Crippen molar-refractivity contribution in [2.75, 3.05) is 32.8 Å². The normalized spacial score (nSPS) is 16.5. The first kappa shape index (κ1) is 27.6. The predicted molar refractivity (Wildman–Crippen MR) is 149 cm³/mol. The number of Topliss-reactive ketones (excluding diaryl/α,β-unsaturated/α-hetero) is 1. The lowest BCUT2D eigenvalue weighted by molar-refractivity contribution is -0.132. The lowest BCUT2D eigenvalue weighted by Gasteiger charge is -2.26. The molecule has 1 N–H and O–H groups in total. The zero-order valence-corrected chi connectivity index (χ0v) is 23.0. The van der Waals surface area contributed by atoms with Crippen LogP contribution < -0.4 is 23.8 Å². The van der Waals surface area contributed by atoms with Crippen molar-refractivity contribution in [3.05, 3.63) is 82.9 Å². The van der Waals surface area contributed by atoms with E-state index in [1.807, 2.05) is 20.8 Å². The van der Waals surface area contributed by atoms with Gasteiger partial charge in [0.1, 0.15) is 17.3 Å². The molecule has 0 radical (unpaired) electrons. The number of ether oxygens (including phenoxy) is 4. The molecule has 1 aliphatic rings. The van der Waals surface area contributed by atoms with Gasteiger partial charge in [-0.2, -0.15) is 0 Å². The van der Waals surface area contributed by atoms with Gasteiger partial charge in [0.2, 0.25) is 0 Å². The first-order valence-electron chi connectivity index (χ1n) is 12.7. The number of anilines is 1. The monoisotopic (exact) mass is 531 g/mol. The van der Waals surface area contributed by atoms with Crippen LogP contribution in [0, 0.1) is 0 Å². The van der Waals surface area contributed by atoms with Gasteiger partial charge >= 0.3 is 0 Å². The van der Waals surface area contributed by atoms with Gasteiger partial charge in [-0.3, -0.25) is 14.5 Å². The van der Waals surface area contributed by atoms with E-state index in [9.17, 15) is 14.7 Å². The van der Waals surface area contributed by atoms with Crippen LogP contribution in [0.25, 0.3) is 5.76 Å². The number of hydrogen-bond donors (Lipinski definition) is 1. The zero-order valence-electron chi connectivity index (χ0n) is 23.0. The molecule has 1 amide bonds. The van der Waals surface area contributed by atoms with Gasteiger partial charge in [0.25, 0.3) is 11.7 Å². The Labute approximate surface area is 228 Å². The lowest BCUT2D eigenvalue weighted by Crippen LogP contribution is -2.29. The minimum absolute atomic E-state index is 0.0247. The molecular formula is C31H33NO7. The highest BCUT2D eigenvalue weighted by Gasteiger charge is 2.47. The number of nitrogens with zero attached hydrogens (tertiary/aromatic N) is 1. The number of carbonyl (C=O) groups excluding carboxylic acids is 2. The van der Waals surface area contributed by atoms with Crippen LogP contribution in [0.3, 0.4) is 0 Å². The van der Waals surface area contributed by atoms with Crippen molar-refractivity contribution >= 4 is 23.1 Å². The van der Waals surface area contributed by atoms with E-state index in [-0.39, 0.29) is 17.3 Å². The maximum Gasteiger partial charge on any atom is 0.300 e. The highest BCUT2D eigenvalue weighted by atomic mass is 16.5. The largest absolute Gasteiger partial charge is 0.507 e. The summed E-state index contributed by atoms with van der Waals surface area (Å²) in [6.45, 7) is 6.27. The highest BCUT2D eigenvalue weighted by Crippen LogP contribution is 2.45. The SMILES string of the molecule is CCOc1cc(C2/C(=C(\O)c3ccc(OC)c(C(C)C)c3)C(=O)C(=O)N2c2ccc(OC)cc2)ccc1OC. The smallest absolute Gasteiger partial charge is 0.300 e. The van der Waals surface area contributed by atoms with E-state index in [4.69, 9.17) is 18.9 Å². The van der Waals surface area contributed by atoms with Gasteiger partial charge in [-0.25, -0.2) is 0 Å². The topological polar surface area (TPSA) is 94.5 Å². The Morgan fingerprint density at radius 1 is 0.872 bits per heavy atom. The van der Waals surface area contributed by atoms with Gasteiger partial charge in [0.15, 0.2) is 11.5 Å². The van der Waals surface area contributed by atoms with Gasteiger partial charge in [0.05, 0.1) is 39.6 Å². The van der Waals surface area contributed by atoms with Gasteiger partial charge in [-0.05, 0) is 78.6 Å². The summed E-state index contributed by atoms with van der Waals surface area (Å²) in [5.41, 5.74) is 2.31. The molecule has 1 fully saturated rings. The Kier molecular flexibility index (Phi) is 8.14. The number of benzene rings is 3. The van der Waals surface area contributed by atoms with E-state index in [1.165, 1.54) is 12.0 Å². The second-order valence-electron chi connectivity index (χ2n) is 9.32. The molecule has 1 heterocycles. The van der Waals surface area contributed by atoms with Crippen molar-refractivity contribution in [1.82, 2.24) is 0 Å². The molecule has 0 aliphatic carbocycles. The minimum Gasteiger partial charge on any atom is -0.507 e. The number of rotatable bonds is 9. The molecule has 0 bridgehead atoms. The molecule has 1 saturated heterocycles. The first-order valence-corrected chi connectivity index (χ1v) is 12.7. The maximum atomic E-state index is 13.6. The Balaban J connectivity index is 1.96. The van der Waals surface area contributed by atoms with Gasteiger partial charge in [0, 0.05) is 11.3 Å². The van der Waals surface area contributed by atoms with Crippen LogP contribution >= 0.6 is 0 Å². The molecule has 204 valence electrons. The van der Waals surface area contributed by atoms with E-state index >= 15 is 0 Å². The average molecular weight is 532 g/mol. The Morgan fingerprint density at radius 2 is 1.54 bits per heavy atom. The molecule has 1 aliphatic heterocycles. The summed E-state index contributed by atoms with van der Waals surface area (Å²) in [7, 11) is 4.67. The van der Waals surface area contributed by atoms with Crippen LogP contribution in [0.15, 0.2) is 66.2 Å². The summed E-state index contributed by atoms with van der Waals surface area (Å²) in [5.74, 6) is 0.543. The minimum atomic E-state index is -0.923. The summed E-state index contributed by atoms with van der Waals surface area (Å²) in [6, 6.07) is 16.3. The third-order valence-electron chi connectivity index (χ3n) is 6.72. The van der Waals surface area contributed by atoms with E-state index in [2.05, 4.69) is 0 Å². The van der Waals surface area contributed by atoms with Crippen molar-refractivity contribution in [1.29, 1.82) is 0 Å². The van der Waals surface area contributed by atoms with Gasteiger partial charge in [-0.15, -0.1) is 0 Å². The summed E-state index contributed by atoms with van der Waals surface area (Å²) in [4.78, 5) is 28.5. The van der Waals surface area contributed by atoms with Crippen molar-refractivity contribution in [2.45, 2.75) is 32.7 Å². The van der Waals surface area contributed by atoms with Gasteiger partial charge < -0.3 is 24.1 Å². The van der Waals surface area contributed by atoms with E-state index in [1.54, 1.807) is 74.9 Å². The first-order chi connectivity index (χ1) is 18.7. The standard InChI is InChI=1S/C31H33NO7/c1-7-39-26-17-19(8-15-25(26)38-6)28-27(29(33)20-9-14-24(37-5)23(16-20)18(2)3)30(34)31(35)32(28)21-10-12-22(36-4)13-11-21/h8-18,28,33H,7H2,1-6H3/b29-27+. The second kappa shape index (κ2) is 11.5. The van der Waals surface area contributed by atoms with Crippen LogP contribution in [0.5, 0.6) is 23.0 Å². The zero-order chi connectivity index (χ0) is 28.3. The molecule has 4 rings (SSSR count). The Morgan fingerprint density at radius 3 is 2.13 bits per heavy atom. The molecule has 1 unspecified atom stereocenters. The number of amides is 1. The van der Waals surface area contributed by atoms with Crippen LogP contribution in [0.1, 0.15) is 49.4 Å². The second-order valence-corrected chi connectivity index (χ2v) is 9.32. The highest BCUT2D eigenvalue weighted by molar-refractivity contribution is 6.51. The van der Waals surface area contributed by atoms with Gasteiger partial charge in [-0.1, -0.05) is 19.9 Å².